The molecule has 0 aliphatic heterocycles. The van der Waals surface area contributed by atoms with Crippen molar-refractivity contribution in [3.8, 4) is 17.2 Å². The number of carbonyl (C=O) groups excluding carboxylic acids is 1. The van der Waals surface area contributed by atoms with E-state index in [2.05, 4.69) is 20.3 Å². The standard InChI is InChI=1S/C26H20F4N6O3/c1-14(2)36-21-19(10-11-31-23(21)34-25(36)38)39-18-9-8-15(12-17(18)27)33-24(37)20-22(26(28,29)30)35(13-32-20)16-6-4-3-5-7-16/h3-14H,1-2H3,(H,33,37)(H,31,34,38). The molecule has 3 aromatic heterocycles. The van der Waals surface area contributed by atoms with E-state index in [0.29, 0.717) is 5.52 Å². The smallest absolute Gasteiger partial charge is 0.434 e. The molecule has 0 aliphatic carbocycles. The molecule has 200 valence electrons. The number of fused-ring (bicyclic) bond motifs is 1. The normalized spacial score (nSPS) is 11.8. The number of alkyl halides is 3. The van der Waals surface area contributed by atoms with Crippen LogP contribution in [-0.4, -0.2) is 30.0 Å². The third-order valence-electron chi connectivity index (χ3n) is 5.78. The zero-order valence-electron chi connectivity index (χ0n) is 20.5. The van der Waals surface area contributed by atoms with Crippen molar-refractivity contribution in [3.05, 3.63) is 94.8 Å². The molecule has 0 radical (unpaired) electrons. The van der Waals surface area contributed by atoms with Crippen LogP contribution in [0, 0.1) is 5.82 Å². The van der Waals surface area contributed by atoms with Crippen molar-refractivity contribution in [2.75, 3.05) is 5.32 Å². The fourth-order valence-electron chi connectivity index (χ4n) is 4.14. The van der Waals surface area contributed by atoms with Gasteiger partial charge in [-0.15, -0.1) is 0 Å². The highest BCUT2D eigenvalue weighted by Crippen LogP contribution is 2.35. The first kappa shape index (κ1) is 25.7. The van der Waals surface area contributed by atoms with Crippen LogP contribution in [-0.2, 0) is 6.18 Å². The quantitative estimate of drug-likeness (QED) is 0.269. The fourth-order valence-corrected chi connectivity index (χ4v) is 4.14. The lowest BCUT2D eigenvalue weighted by molar-refractivity contribution is -0.142. The maximum Gasteiger partial charge on any atom is 0.434 e. The number of ether oxygens (including phenoxy) is 1. The number of hydrogen-bond acceptors (Lipinski definition) is 5. The summed E-state index contributed by atoms with van der Waals surface area (Å²) in [4.78, 5) is 35.5. The average Bonchev–Trinajstić information content (AvgIpc) is 3.48. The molecule has 0 saturated heterocycles. The van der Waals surface area contributed by atoms with Gasteiger partial charge in [0.15, 0.2) is 34.4 Å². The lowest BCUT2D eigenvalue weighted by atomic mass is 10.2. The number of H-pyrrole nitrogens is 1. The second-order valence-corrected chi connectivity index (χ2v) is 8.75. The van der Waals surface area contributed by atoms with Crippen LogP contribution in [0.3, 0.4) is 0 Å². The van der Waals surface area contributed by atoms with Crippen LogP contribution in [0.4, 0.5) is 23.2 Å². The number of hydrogen-bond donors (Lipinski definition) is 2. The average molecular weight is 540 g/mol. The van der Waals surface area contributed by atoms with Crippen molar-refractivity contribution < 1.29 is 27.1 Å². The number of anilines is 1. The topological polar surface area (TPSA) is 107 Å². The van der Waals surface area contributed by atoms with Crippen molar-refractivity contribution in [1.82, 2.24) is 24.1 Å². The Hall–Kier alpha value is -4.94. The van der Waals surface area contributed by atoms with Crippen LogP contribution in [0.15, 0.2) is 71.9 Å². The van der Waals surface area contributed by atoms with Gasteiger partial charge in [0.05, 0.1) is 0 Å². The van der Waals surface area contributed by atoms with Crippen LogP contribution in [0.2, 0.25) is 0 Å². The van der Waals surface area contributed by atoms with E-state index in [9.17, 15) is 27.2 Å². The Kier molecular flexibility index (Phi) is 6.42. The highest BCUT2D eigenvalue weighted by Gasteiger charge is 2.40. The number of carbonyl (C=O) groups is 1. The van der Waals surface area contributed by atoms with Gasteiger partial charge < -0.3 is 10.1 Å². The molecule has 9 nitrogen and oxygen atoms in total. The molecule has 0 fully saturated rings. The molecule has 1 amide bonds. The first-order valence-electron chi connectivity index (χ1n) is 11.6. The Morgan fingerprint density at radius 2 is 1.79 bits per heavy atom. The predicted octanol–water partition coefficient (Wildman–Crippen LogP) is 5.69. The minimum atomic E-state index is -4.90. The first-order chi connectivity index (χ1) is 18.5. The van der Waals surface area contributed by atoms with Crippen LogP contribution in [0.25, 0.3) is 16.9 Å². The molecule has 0 aliphatic rings. The molecule has 13 heteroatoms. The van der Waals surface area contributed by atoms with Crippen LogP contribution in [0.1, 0.15) is 36.1 Å². The number of nitrogens with one attached hydrogen (secondary N) is 2. The number of aromatic amines is 1. The second-order valence-electron chi connectivity index (χ2n) is 8.75. The van der Waals surface area contributed by atoms with E-state index in [0.717, 1.165) is 17.0 Å². The van der Waals surface area contributed by atoms with Crippen LogP contribution >= 0.6 is 0 Å². The van der Waals surface area contributed by atoms with Gasteiger partial charge in [-0.3, -0.25) is 18.9 Å². The molecule has 0 atom stereocenters. The maximum atomic E-state index is 15.0. The summed E-state index contributed by atoms with van der Waals surface area (Å²) in [6, 6.07) is 12.2. The van der Waals surface area contributed by atoms with E-state index in [1.54, 1.807) is 32.0 Å². The summed E-state index contributed by atoms with van der Waals surface area (Å²) in [6.45, 7) is 3.58. The number of imidazole rings is 2. The molecule has 39 heavy (non-hydrogen) atoms. The summed E-state index contributed by atoms with van der Waals surface area (Å²) < 4.78 is 64.6. The summed E-state index contributed by atoms with van der Waals surface area (Å²) in [7, 11) is 0. The van der Waals surface area contributed by atoms with Crippen molar-refractivity contribution in [2.24, 2.45) is 0 Å². The Morgan fingerprint density at radius 1 is 1.05 bits per heavy atom. The van der Waals surface area contributed by atoms with Crippen molar-refractivity contribution in [1.29, 1.82) is 0 Å². The van der Waals surface area contributed by atoms with Crippen molar-refractivity contribution in [3.63, 3.8) is 0 Å². The largest absolute Gasteiger partial charge is 0.452 e. The number of nitrogens with zero attached hydrogens (tertiary/aromatic N) is 4. The molecule has 5 rings (SSSR count). The van der Waals surface area contributed by atoms with Gasteiger partial charge in [-0.2, -0.15) is 13.2 Å². The molecule has 5 aromatic rings. The van der Waals surface area contributed by atoms with Gasteiger partial charge in [0, 0.05) is 35.7 Å². The number of benzene rings is 2. The Labute approximate surface area is 217 Å². The van der Waals surface area contributed by atoms with Gasteiger partial charge in [0.25, 0.3) is 5.91 Å². The molecule has 0 unspecified atom stereocenters. The highest BCUT2D eigenvalue weighted by atomic mass is 19.4. The zero-order valence-corrected chi connectivity index (χ0v) is 20.5. The van der Waals surface area contributed by atoms with Crippen molar-refractivity contribution in [2.45, 2.75) is 26.1 Å². The number of amides is 1. The molecule has 2 N–H and O–H groups in total. The van der Waals surface area contributed by atoms with Crippen LogP contribution in [0.5, 0.6) is 11.5 Å². The third-order valence-corrected chi connectivity index (χ3v) is 5.78. The van der Waals surface area contributed by atoms with E-state index in [-0.39, 0.29) is 34.6 Å². The summed E-state index contributed by atoms with van der Waals surface area (Å²) in [6.07, 6.45) is -2.61. The van der Waals surface area contributed by atoms with E-state index >= 15 is 0 Å². The number of rotatable bonds is 6. The Bertz CT molecular complexity index is 1740. The summed E-state index contributed by atoms with van der Waals surface area (Å²) in [5.41, 5.74) is -1.91. The highest BCUT2D eigenvalue weighted by molar-refractivity contribution is 6.04. The second kappa shape index (κ2) is 9.74. The van der Waals surface area contributed by atoms with Gasteiger partial charge in [-0.05, 0) is 38.1 Å². The number of halogens is 4. The molecule has 0 spiro atoms. The number of aromatic nitrogens is 5. The number of para-hydroxylation sites is 1. The fraction of sp³-hybridized carbons (Fsp3) is 0.154. The third kappa shape index (κ3) is 4.85. The first-order valence-corrected chi connectivity index (χ1v) is 11.6. The minimum absolute atomic E-state index is 0.118. The maximum absolute atomic E-state index is 15.0. The van der Waals surface area contributed by atoms with Gasteiger partial charge in [0.2, 0.25) is 0 Å². The molecule has 0 saturated carbocycles. The monoisotopic (exact) mass is 540 g/mol. The summed E-state index contributed by atoms with van der Waals surface area (Å²) in [5, 5.41) is 2.25. The van der Waals surface area contributed by atoms with Gasteiger partial charge in [0.1, 0.15) is 11.8 Å². The molecular weight excluding hydrogens is 520 g/mol. The lowest BCUT2D eigenvalue weighted by Crippen LogP contribution is -2.21. The minimum Gasteiger partial charge on any atom is -0.452 e. The molecular formula is C26H20F4N6O3. The number of pyridine rings is 1. The van der Waals surface area contributed by atoms with Gasteiger partial charge >= 0.3 is 11.9 Å². The summed E-state index contributed by atoms with van der Waals surface area (Å²) >= 11 is 0. The SMILES string of the molecule is CC(C)n1c(=O)[nH]c2nccc(Oc3ccc(NC(=O)c4ncn(-c5ccccc5)c4C(F)(F)F)cc3F)c21. The van der Waals surface area contributed by atoms with Gasteiger partial charge in [-0.1, -0.05) is 18.2 Å². The summed E-state index contributed by atoms with van der Waals surface area (Å²) in [5.74, 6) is -2.16. The predicted molar refractivity (Wildman–Crippen MR) is 134 cm³/mol. The van der Waals surface area contributed by atoms with Gasteiger partial charge in [-0.25, -0.2) is 19.2 Å². The van der Waals surface area contributed by atoms with E-state index in [4.69, 9.17) is 4.74 Å². The van der Waals surface area contributed by atoms with Crippen LogP contribution < -0.4 is 15.7 Å². The molecule has 2 aromatic carbocycles. The van der Waals surface area contributed by atoms with E-state index in [1.807, 2.05) is 0 Å². The molecule has 3 heterocycles. The Morgan fingerprint density at radius 3 is 2.46 bits per heavy atom. The Balaban J connectivity index is 1.43. The lowest BCUT2D eigenvalue weighted by Gasteiger charge is -2.14. The van der Waals surface area contributed by atoms with E-state index in [1.165, 1.54) is 41.1 Å². The zero-order chi connectivity index (χ0) is 27.9. The van der Waals surface area contributed by atoms with E-state index < -0.39 is 35.0 Å². The van der Waals surface area contributed by atoms with Crippen molar-refractivity contribution >= 4 is 22.8 Å². The molecule has 0 bridgehead atoms.